The first-order valence-electron chi connectivity index (χ1n) is 6.73. The zero-order chi connectivity index (χ0) is 14.7. The fraction of sp³-hybridized carbons (Fsp3) is 0.125. The Balaban J connectivity index is 1.66. The van der Waals surface area contributed by atoms with Crippen LogP contribution in [0.5, 0.6) is 5.75 Å². The zero-order valence-corrected chi connectivity index (χ0v) is 11.4. The molecule has 3 rings (SSSR count). The molecular formula is C16H15N3O2. The van der Waals surface area contributed by atoms with Gasteiger partial charge in [-0.25, -0.2) is 9.66 Å². The lowest BCUT2D eigenvalue weighted by atomic mass is 10.1. The number of aromatic nitrogens is 2. The van der Waals surface area contributed by atoms with Gasteiger partial charge in [0.1, 0.15) is 12.1 Å². The topological polar surface area (TPSA) is 67.2 Å². The summed E-state index contributed by atoms with van der Waals surface area (Å²) in [6, 6.07) is 14.6. The molecule has 0 unspecified atom stereocenters. The van der Waals surface area contributed by atoms with Crippen LogP contribution >= 0.6 is 0 Å². The van der Waals surface area contributed by atoms with Crippen molar-refractivity contribution in [1.29, 1.82) is 0 Å². The average molecular weight is 281 g/mol. The molecule has 5 heteroatoms. The predicted molar refractivity (Wildman–Crippen MR) is 80.5 cm³/mol. The summed E-state index contributed by atoms with van der Waals surface area (Å²) in [5.74, 6) is 0.0970. The first-order valence-corrected chi connectivity index (χ1v) is 6.73. The Morgan fingerprint density at radius 1 is 1.14 bits per heavy atom. The first kappa shape index (κ1) is 13.2. The van der Waals surface area contributed by atoms with E-state index in [1.807, 2.05) is 36.4 Å². The van der Waals surface area contributed by atoms with Gasteiger partial charge in [-0.1, -0.05) is 30.3 Å². The minimum Gasteiger partial charge on any atom is -0.508 e. The van der Waals surface area contributed by atoms with E-state index in [4.69, 9.17) is 0 Å². The molecule has 0 radical (unpaired) electrons. The summed E-state index contributed by atoms with van der Waals surface area (Å²) in [5.41, 5.74) is 5.24. The van der Waals surface area contributed by atoms with Crippen LogP contribution in [-0.4, -0.2) is 20.7 Å². The maximum atomic E-state index is 12.0. The van der Waals surface area contributed by atoms with E-state index in [0.29, 0.717) is 12.8 Å². The molecule has 0 spiro atoms. The Morgan fingerprint density at radius 3 is 2.76 bits per heavy atom. The van der Waals surface area contributed by atoms with Crippen LogP contribution in [0.2, 0.25) is 0 Å². The number of nitrogens with zero attached hydrogens (tertiary/aromatic N) is 2. The molecule has 2 N–H and O–H groups in total. The molecule has 2 aromatic carbocycles. The normalized spacial score (nSPS) is 10.7. The van der Waals surface area contributed by atoms with Gasteiger partial charge in [0.25, 0.3) is 0 Å². The molecule has 3 aromatic rings. The fourth-order valence-electron chi connectivity index (χ4n) is 2.21. The molecule has 0 atom stereocenters. The molecule has 1 amide bonds. The molecular weight excluding hydrogens is 266 g/mol. The minimum atomic E-state index is -0.124. The van der Waals surface area contributed by atoms with Crippen molar-refractivity contribution in [2.24, 2.45) is 0 Å². The highest BCUT2D eigenvalue weighted by molar-refractivity contribution is 5.86. The van der Waals surface area contributed by atoms with E-state index in [0.717, 1.165) is 16.6 Å². The number of amides is 1. The Kier molecular flexibility index (Phi) is 3.55. The van der Waals surface area contributed by atoms with Crippen molar-refractivity contribution in [3.63, 3.8) is 0 Å². The van der Waals surface area contributed by atoms with Gasteiger partial charge in [-0.05, 0) is 30.2 Å². The lowest BCUT2D eigenvalue weighted by Gasteiger charge is -2.07. The third-order valence-electron chi connectivity index (χ3n) is 3.31. The van der Waals surface area contributed by atoms with Crippen molar-refractivity contribution >= 4 is 16.9 Å². The van der Waals surface area contributed by atoms with Crippen molar-refractivity contribution in [3.05, 3.63) is 60.4 Å². The van der Waals surface area contributed by atoms with Gasteiger partial charge < -0.3 is 5.11 Å². The summed E-state index contributed by atoms with van der Waals surface area (Å²) in [5, 5.41) is 9.67. The van der Waals surface area contributed by atoms with Crippen LogP contribution in [0, 0.1) is 0 Å². The summed E-state index contributed by atoms with van der Waals surface area (Å²) in [4.78, 5) is 16.2. The number of imidazole rings is 1. The molecule has 0 aliphatic carbocycles. The number of nitrogens with one attached hydrogen (secondary N) is 1. The predicted octanol–water partition coefficient (Wildman–Crippen LogP) is 2.44. The van der Waals surface area contributed by atoms with Crippen molar-refractivity contribution in [1.82, 2.24) is 9.66 Å². The number of hydrogen-bond acceptors (Lipinski definition) is 3. The Labute approximate surface area is 121 Å². The number of rotatable bonds is 4. The number of carbonyl (C=O) groups excluding carboxylic acids is 1. The fourth-order valence-corrected chi connectivity index (χ4v) is 2.21. The lowest BCUT2D eigenvalue weighted by Crippen LogP contribution is -2.22. The van der Waals surface area contributed by atoms with Gasteiger partial charge in [0, 0.05) is 6.42 Å². The second kappa shape index (κ2) is 5.66. The van der Waals surface area contributed by atoms with E-state index in [2.05, 4.69) is 10.4 Å². The standard InChI is InChI=1S/C16H15N3O2/c20-15-8-4-1-5-12(15)9-10-16(21)18-19-11-17-13-6-2-3-7-14(13)19/h1-8,11,20H,9-10H2,(H,18,21). The zero-order valence-electron chi connectivity index (χ0n) is 11.4. The Hall–Kier alpha value is -2.82. The monoisotopic (exact) mass is 281 g/mol. The van der Waals surface area contributed by atoms with E-state index < -0.39 is 0 Å². The number of carbonyl (C=O) groups is 1. The van der Waals surface area contributed by atoms with E-state index in [1.165, 1.54) is 0 Å². The summed E-state index contributed by atoms with van der Waals surface area (Å²) in [6.45, 7) is 0. The number of aryl methyl sites for hydroxylation is 1. The number of phenols is 1. The molecule has 1 heterocycles. The van der Waals surface area contributed by atoms with Gasteiger partial charge in [0.15, 0.2) is 0 Å². The Morgan fingerprint density at radius 2 is 1.90 bits per heavy atom. The van der Waals surface area contributed by atoms with Crippen LogP contribution in [-0.2, 0) is 11.2 Å². The number of para-hydroxylation sites is 3. The summed E-state index contributed by atoms with van der Waals surface area (Å²) in [6.07, 6.45) is 2.37. The molecule has 0 aliphatic heterocycles. The van der Waals surface area contributed by atoms with Gasteiger partial charge in [-0.2, -0.15) is 0 Å². The maximum absolute atomic E-state index is 12.0. The number of benzene rings is 2. The van der Waals surface area contributed by atoms with Crippen LogP contribution in [0.15, 0.2) is 54.9 Å². The van der Waals surface area contributed by atoms with Gasteiger partial charge in [0.05, 0.1) is 11.0 Å². The molecule has 0 bridgehead atoms. The van der Waals surface area contributed by atoms with Crippen molar-refractivity contribution in [3.8, 4) is 5.75 Å². The molecule has 0 fully saturated rings. The van der Waals surface area contributed by atoms with Crippen LogP contribution in [0.1, 0.15) is 12.0 Å². The third kappa shape index (κ3) is 2.86. The quantitative estimate of drug-likeness (QED) is 0.772. The van der Waals surface area contributed by atoms with E-state index >= 15 is 0 Å². The highest BCUT2D eigenvalue weighted by atomic mass is 16.3. The lowest BCUT2D eigenvalue weighted by molar-refractivity contribution is -0.117. The van der Waals surface area contributed by atoms with E-state index in [-0.39, 0.29) is 11.7 Å². The smallest absolute Gasteiger partial charge is 0.239 e. The first-order chi connectivity index (χ1) is 10.2. The molecule has 1 aromatic heterocycles. The molecule has 106 valence electrons. The highest BCUT2D eigenvalue weighted by Crippen LogP contribution is 2.17. The van der Waals surface area contributed by atoms with Crippen molar-refractivity contribution in [2.45, 2.75) is 12.8 Å². The molecule has 0 saturated heterocycles. The average Bonchev–Trinajstić information content (AvgIpc) is 2.90. The third-order valence-corrected chi connectivity index (χ3v) is 3.31. The molecule has 5 nitrogen and oxygen atoms in total. The van der Waals surface area contributed by atoms with Crippen LogP contribution in [0.4, 0.5) is 0 Å². The van der Waals surface area contributed by atoms with Crippen LogP contribution < -0.4 is 5.43 Å². The van der Waals surface area contributed by atoms with E-state index in [1.54, 1.807) is 23.1 Å². The van der Waals surface area contributed by atoms with Crippen molar-refractivity contribution in [2.75, 3.05) is 5.43 Å². The minimum absolute atomic E-state index is 0.124. The number of fused-ring (bicyclic) bond motifs is 1. The molecule has 21 heavy (non-hydrogen) atoms. The Bertz CT molecular complexity index is 780. The largest absolute Gasteiger partial charge is 0.508 e. The number of aromatic hydroxyl groups is 1. The second-order valence-electron chi connectivity index (χ2n) is 4.77. The summed E-state index contributed by atoms with van der Waals surface area (Å²) >= 11 is 0. The SMILES string of the molecule is O=C(CCc1ccccc1O)Nn1cnc2ccccc21. The van der Waals surface area contributed by atoms with Crippen LogP contribution in [0.25, 0.3) is 11.0 Å². The van der Waals surface area contributed by atoms with Gasteiger partial charge in [0.2, 0.25) is 5.91 Å². The summed E-state index contributed by atoms with van der Waals surface area (Å²) < 4.78 is 1.61. The summed E-state index contributed by atoms with van der Waals surface area (Å²) in [7, 11) is 0. The van der Waals surface area contributed by atoms with Gasteiger partial charge >= 0.3 is 0 Å². The highest BCUT2D eigenvalue weighted by Gasteiger charge is 2.07. The number of phenolic OH excluding ortho intramolecular Hbond substituents is 1. The number of hydrogen-bond donors (Lipinski definition) is 2. The van der Waals surface area contributed by atoms with E-state index in [9.17, 15) is 9.90 Å². The van der Waals surface area contributed by atoms with Gasteiger partial charge in [-0.15, -0.1) is 0 Å². The molecule has 0 saturated carbocycles. The molecule has 0 aliphatic rings. The maximum Gasteiger partial charge on any atom is 0.239 e. The van der Waals surface area contributed by atoms with Crippen LogP contribution in [0.3, 0.4) is 0 Å². The van der Waals surface area contributed by atoms with Crippen molar-refractivity contribution < 1.29 is 9.90 Å². The second-order valence-corrected chi connectivity index (χ2v) is 4.77. The van der Waals surface area contributed by atoms with Gasteiger partial charge in [-0.3, -0.25) is 10.2 Å².